The number of methoxy groups -OCH3 is 2. The third-order valence-corrected chi connectivity index (χ3v) is 5.70. The van der Waals surface area contributed by atoms with Crippen molar-refractivity contribution in [1.82, 2.24) is 10.2 Å². The van der Waals surface area contributed by atoms with Crippen LogP contribution in [0.3, 0.4) is 0 Å². The van der Waals surface area contributed by atoms with E-state index in [1.807, 2.05) is 18.2 Å². The fourth-order valence-corrected chi connectivity index (χ4v) is 4.36. The number of aromatic nitrogens is 2. The summed E-state index contributed by atoms with van der Waals surface area (Å²) >= 11 is 1.64. The molecule has 0 N–H and O–H groups in total. The van der Waals surface area contributed by atoms with Gasteiger partial charge in [0.2, 0.25) is 5.89 Å². The van der Waals surface area contributed by atoms with Crippen LogP contribution in [0.2, 0.25) is 0 Å². The summed E-state index contributed by atoms with van der Waals surface area (Å²) in [4.78, 5) is 0. The zero-order chi connectivity index (χ0) is 17.9. The van der Waals surface area contributed by atoms with Gasteiger partial charge in [-0.15, -0.1) is 10.2 Å². The number of rotatable bonds is 5. The summed E-state index contributed by atoms with van der Waals surface area (Å²) < 4.78 is 16.5. The molecule has 1 heterocycles. The van der Waals surface area contributed by atoms with Crippen molar-refractivity contribution >= 4 is 11.8 Å². The van der Waals surface area contributed by atoms with Crippen molar-refractivity contribution in [3.05, 3.63) is 53.6 Å². The van der Waals surface area contributed by atoms with Crippen molar-refractivity contribution in [1.29, 1.82) is 0 Å². The number of ether oxygens (including phenoxy) is 2. The molecule has 1 aliphatic rings. The van der Waals surface area contributed by atoms with Crippen molar-refractivity contribution in [3.8, 4) is 23.0 Å². The Kier molecular flexibility index (Phi) is 4.84. The van der Waals surface area contributed by atoms with Crippen molar-refractivity contribution in [2.45, 2.75) is 29.7 Å². The molecule has 134 valence electrons. The van der Waals surface area contributed by atoms with E-state index in [1.54, 1.807) is 26.0 Å². The van der Waals surface area contributed by atoms with Gasteiger partial charge in [0.15, 0.2) is 0 Å². The lowest BCUT2D eigenvalue weighted by Crippen LogP contribution is -2.06. The van der Waals surface area contributed by atoms with E-state index in [-0.39, 0.29) is 0 Å². The Hall–Kier alpha value is -2.47. The molecule has 5 nitrogen and oxygen atoms in total. The van der Waals surface area contributed by atoms with E-state index in [0.29, 0.717) is 27.9 Å². The number of thioether (sulfide) groups is 1. The molecule has 0 saturated heterocycles. The van der Waals surface area contributed by atoms with Crippen molar-refractivity contribution in [2.75, 3.05) is 14.2 Å². The Morgan fingerprint density at radius 3 is 2.58 bits per heavy atom. The fourth-order valence-electron chi connectivity index (χ4n) is 3.26. The fraction of sp³-hybridized carbons (Fsp3) is 0.300. The predicted molar refractivity (Wildman–Crippen MR) is 101 cm³/mol. The average Bonchev–Trinajstić information content (AvgIpc) is 3.16. The molecule has 1 unspecified atom stereocenters. The first-order valence-electron chi connectivity index (χ1n) is 8.58. The first-order chi connectivity index (χ1) is 12.8. The number of nitrogens with zero attached hydrogens (tertiary/aromatic N) is 2. The highest BCUT2D eigenvalue weighted by Gasteiger charge is 2.23. The quantitative estimate of drug-likeness (QED) is 0.637. The molecule has 0 radical (unpaired) electrons. The van der Waals surface area contributed by atoms with Crippen molar-refractivity contribution in [3.63, 3.8) is 0 Å². The third-order valence-electron chi connectivity index (χ3n) is 4.56. The van der Waals surface area contributed by atoms with E-state index in [2.05, 4.69) is 34.5 Å². The summed E-state index contributed by atoms with van der Waals surface area (Å²) in [7, 11) is 3.24. The van der Waals surface area contributed by atoms with Gasteiger partial charge in [0.05, 0.1) is 14.2 Å². The van der Waals surface area contributed by atoms with Crippen LogP contribution in [-0.2, 0) is 6.42 Å². The maximum Gasteiger partial charge on any atom is 0.277 e. The predicted octanol–water partition coefficient (Wildman–Crippen LogP) is 4.92. The van der Waals surface area contributed by atoms with Gasteiger partial charge < -0.3 is 13.9 Å². The third kappa shape index (κ3) is 3.42. The molecule has 26 heavy (non-hydrogen) atoms. The van der Waals surface area contributed by atoms with E-state index in [9.17, 15) is 0 Å². The molecular weight excluding hydrogens is 348 g/mol. The molecule has 1 atom stereocenters. The van der Waals surface area contributed by atoms with Crippen LogP contribution in [0.1, 0.15) is 29.2 Å². The van der Waals surface area contributed by atoms with Gasteiger partial charge in [-0.1, -0.05) is 36.0 Å². The molecule has 1 aromatic heterocycles. The molecule has 0 aliphatic heterocycles. The zero-order valence-electron chi connectivity index (χ0n) is 14.8. The lowest BCUT2D eigenvalue weighted by atomic mass is 9.91. The Morgan fingerprint density at radius 1 is 1.04 bits per heavy atom. The molecule has 4 rings (SSSR count). The van der Waals surface area contributed by atoms with Gasteiger partial charge in [-0.25, -0.2) is 0 Å². The average molecular weight is 368 g/mol. The van der Waals surface area contributed by atoms with Crippen LogP contribution in [0.15, 0.2) is 52.1 Å². The SMILES string of the molecule is COc1cc(OC)cc(-c2nnc(SC3CCCc4ccccc43)o2)c1. The summed E-state index contributed by atoms with van der Waals surface area (Å²) in [5.74, 6) is 1.84. The van der Waals surface area contributed by atoms with Gasteiger partial charge in [-0.3, -0.25) is 0 Å². The number of aryl methyl sites for hydroxylation is 1. The van der Waals surface area contributed by atoms with Crippen LogP contribution in [0.4, 0.5) is 0 Å². The summed E-state index contributed by atoms with van der Waals surface area (Å²) in [6.45, 7) is 0. The van der Waals surface area contributed by atoms with Crippen LogP contribution >= 0.6 is 11.8 Å². The first-order valence-corrected chi connectivity index (χ1v) is 9.46. The van der Waals surface area contributed by atoms with Crippen LogP contribution < -0.4 is 9.47 Å². The largest absolute Gasteiger partial charge is 0.497 e. The summed E-state index contributed by atoms with van der Waals surface area (Å²) in [6, 6.07) is 14.2. The molecule has 0 bridgehead atoms. The Bertz CT molecular complexity index is 887. The minimum absolute atomic E-state index is 0.355. The van der Waals surface area contributed by atoms with E-state index < -0.39 is 0 Å². The van der Waals surface area contributed by atoms with Gasteiger partial charge in [-0.05, 0) is 42.5 Å². The van der Waals surface area contributed by atoms with E-state index in [0.717, 1.165) is 18.4 Å². The molecule has 0 fully saturated rings. The normalized spacial score (nSPS) is 16.2. The maximum atomic E-state index is 5.92. The summed E-state index contributed by atoms with van der Waals surface area (Å²) in [5, 5.41) is 9.39. The molecule has 0 saturated carbocycles. The van der Waals surface area contributed by atoms with Gasteiger partial charge in [0.25, 0.3) is 5.22 Å². The van der Waals surface area contributed by atoms with Crippen LogP contribution in [0.25, 0.3) is 11.5 Å². The number of benzene rings is 2. The molecule has 0 spiro atoms. The zero-order valence-corrected chi connectivity index (χ0v) is 15.6. The monoisotopic (exact) mass is 368 g/mol. The minimum atomic E-state index is 0.355. The molecule has 1 aliphatic carbocycles. The highest BCUT2D eigenvalue weighted by atomic mass is 32.2. The smallest absolute Gasteiger partial charge is 0.277 e. The number of fused-ring (bicyclic) bond motifs is 1. The second-order valence-electron chi connectivity index (χ2n) is 6.17. The number of hydrogen-bond donors (Lipinski definition) is 0. The maximum absolute atomic E-state index is 5.92. The second-order valence-corrected chi connectivity index (χ2v) is 7.33. The molecule has 0 amide bonds. The van der Waals surface area contributed by atoms with E-state index >= 15 is 0 Å². The lowest BCUT2D eigenvalue weighted by Gasteiger charge is -2.23. The Morgan fingerprint density at radius 2 is 1.81 bits per heavy atom. The van der Waals surface area contributed by atoms with Gasteiger partial charge in [0, 0.05) is 16.9 Å². The Balaban J connectivity index is 1.58. The Labute approximate surface area is 156 Å². The molecule has 6 heteroatoms. The minimum Gasteiger partial charge on any atom is -0.497 e. The standard InChI is InChI=1S/C20H20N2O3S/c1-23-15-10-14(11-16(12-15)24-2)19-21-22-20(25-19)26-18-9-5-7-13-6-3-4-8-17(13)18/h3-4,6,8,10-12,18H,5,7,9H2,1-2H3. The van der Waals surface area contributed by atoms with Crippen LogP contribution in [0, 0.1) is 0 Å². The topological polar surface area (TPSA) is 57.4 Å². The number of hydrogen-bond acceptors (Lipinski definition) is 6. The van der Waals surface area contributed by atoms with E-state index in [1.165, 1.54) is 17.5 Å². The van der Waals surface area contributed by atoms with Crippen LogP contribution in [0.5, 0.6) is 11.5 Å². The van der Waals surface area contributed by atoms with Crippen LogP contribution in [-0.4, -0.2) is 24.4 Å². The van der Waals surface area contributed by atoms with Gasteiger partial charge >= 0.3 is 0 Å². The molecule has 2 aromatic carbocycles. The second kappa shape index (κ2) is 7.41. The summed E-state index contributed by atoms with van der Waals surface area (Å²) in [5.41, 5.74) is 3.59. The first kappa shape index (κ1) is 17.0. The highest BCUT2D eigenvalue weighted by Crippen LogP contribution is 2.43. The highest BCUT2D eigenvalue weighted by molar-refractivity contribution is 7.99. The molecular formula is C20H20N2O3S. The van der Waals surface area contributed by atoms with Gasteiger partial charge in [-0.2, -0.15) is 0 Å². The van der Waals surface area contributed by atoms with Crippen molar-refractivity contribution < 1.29 is 13.9 Å². The van der Waals surface area contributed by atoms with Crippen molar-refractivity contribution in [2.24, 2.45) is 0 Å². The van der Waals surface area contributed by atoms with E-state index in [4.69, 9.17) is 13.9 Å². The summed E-state index contributed by atoms with van der Waals surface area (Å²) in [6.07, 6.45) is 3.45. The molecule has 3 aromatic rings. The lowest BCUT2D eigenvalue weighted by molar-refractivity contribution is 0.394. The van der Waals surface area contributed by atoms with Gasteiger partial charge in [0.1, 0.15) is 11.5 Å².